The fourth-order valence-corrected chi connectivity index (χ4v) is 1.57. The topological polar surface area (TPSA) is 107 Å². The minimum Gasteiger partial charge on any atom is -0.508 e. The molecule has 0 spiro atoms. The standard InChI is InChI=1S/C10H12N2O5/c1-2-3-4-7-5-8(13)6-9(11(14)15)10(7)12(16)17/h5-6,13H,2-4H2,1H3. The van der Waals surface area contributed by atoms with Crippen molar-refractivity contribution in [3.8, 4) is 5.75 Å². The second-order valence-electron chi connectivity index (χ2n) is 3.59. The van der Waals surface area contributed by atoms with E-state index in [0.717, 1.165) is 12.5 Å². The van der Waals surface area contributed by atoms with Gasteiger partial charge in [-0.3, -0.25) is 20.2 Å². The summed E-state index contributed by atoms with van der Waals surface area (Å²) in [6.07, 6.45) is 1.81. The molecule has 1 rings (SSSR count). The molecule has 1 aromatic rings. The highest BCUT2D eigenvalue weighted by Crippen LogP contribution is 2.35. The van der Waals surface area contributed by atoms with Gasteiger partial charge in [0.15, 0.2) is 0 Å². The molecule has 0 bridgehead atoms. The number of phenolic OH excluding ortho intramolecular Hbond substituents is 1. The normalized spacial score (nSPS) is 10.2. The van der Waals surface area contributed by atoms with E-state index in [4.69, 9.17) is 0 Å². The maximum atomic E-state index is 10.8. The molecule has 0 atom stereocenters. The van der Waals surface area contributed by atoms with E-state index in [9.17, 15) is 25.3 Å². The maximum absolute atomic E-state index is 10.8. The number of unbranched alkanes of at least 4 members (excludes halogenated alkanes) is 1. The van der Waals surface area contributed by atoms with E-state index in [0.29, 0.717) is 12.8 Å². The lowest BCUT2D eigenvalue weighted by molar-refractivity contribution is -0.423. The van der Waals surface area contributed by atoms with Crippen LogP contribution in [0.15, 0.2) is 12.1 Å². The zero-order chi connectivity index (χ0) is 13.0. The van der Waals surface area contributed by atoms with Crippen molar-refractivity contribution in [2.45, 2.75) is 26.2 Å². The lowest BCUT2D eigenvalue weighted by Crippen LogP contribution is -2.01. The Labute approximate surface area is 97.0 Å². The van der Waals surface area contributed by atoms with Gasteiger partial charge in [-0.05, 0) is 18.9 Å². The fraction of sp³-hybridized carbons (Fsp3) is 0.400. The van der Waals surface area contributed by atoms with Crippen LogP contribution in [0.25, 0.3) is 0 Å². The number of nitrogens with zero attached hydrogens (tertiary/aromatic N) is 2. The first-order valence-electron chi connectivity index (χ1n) is 5.12. The van der Waals surface area contributed by atoms with Crippen molar-refractivity contribution in [1.29, 1.82) is 0 Å². The van der Waals surface area contributed by atoms with E-state index < -0.39 is 21.2 Å². The van der Waals surface area contributed by atoms with Crippen molar-refractivity contribution in [3.63, 3.8) is 0 Å². The zero-order valence-electron chi connectivity index (χ0n) is 9.25. The maximum Gasteiger partial charge on any atom is 0.350 e. The molecular weight excluding hydrogens is 228 g/mol. The predicted octanol–water partition coefficient (Wildman–Crippen LogP) is 2.55. The Kier molecular flexibility index (Phi) is 3.97. The highest BCUT2D eigenvalue weighted by molar-refractivity contribution is 5.61. The molecular formula is C10H12N2O5. The molecule has 1 aromatic carbocycles. The Bertz CT molecular complexity index is 458. The highest BCUT2D eigenvalue weighted by Gasteiger charge is 2.29. The average Bonchev–Trinajstić information content (AvgIpc) is 2.24. The van der Waals surface area contributed by atoms with E-state index >= 15 is 0 Å². The summed E-state index contributed by atoms with van der Waals surface area (Å²) in [6, 6.07) is 2.01. The minimum absolute atomic E-state index is 0.198. The van der Waals surface area contributed by atoms with E-state index in [-0.39, 0.29) is 11.3 Å². The molecule has 0 heterocycles. The van der Waals surface area contributed by atoms with Crippen LogP contribution in [0, 0.1) is 20.2 Å². The molecule has 7 nitrogen and oxygen atoms in total. The van der Waals surface area contributed by atoms with Crippen LogP contribution >= 0.6 is 0 Å². The van der Waals surface area contributed by atoms with Crippen molar-refractivity contribution >= 4 is 11.4 Å². The van der Waals surface area contributed by atoms with Gasteiger partial charge in [-0.15, -0.1) is 0 Å². The van der Waals surface area contributed by atoms with Crippen molar-refractivity contribution < 1.29 is 15.0 Å². The van der Waals surface area contributed by atoms with E-state index in [1.54, 1.807) is 0 Å². The van der Waals surface area contributed by atoms with Crippen LogP contribution in [-0.4, -0.2) is 15.0 Å². The SMILES string of the molecule is CCCCc1cc(O)cc([N+](=O)[O-])c1[N+](=O)[O-]. The Morgan fingerprint density at radius 3 is 2.35 bits per heavy atom. The molecule has 0 saturated heterocycles. The first-order chi connectivity index (χ1) is 7.97. The molecule has 92 valence electrons. The minimum atomic E-state index is -0.854. The van der Waals surface area contributed by atoms with Crippen LogP contribution < -0.4 is 0 Å². The number of rotatable bonds is 5. The summed E-state index contributed by atoms with van der Waals surface area (Å²) in [6.45, 7) is 1.91. The van der Waals surface area contributed by atoms with Crippen molar-refractivity contribution in [2.24, 2.45) is 0 Å². The number of nitro groups is 2. The number of phenols is 1. The molecule has 0 radical (unpaired) electrons. The van der Waals surface area contributed by atoms with E-state index in [1.165, 1.54) is 6.07 Å². The number of hydrogen-bond donors (Lipinski definition) is 1. The second-order valence-corrected chi connectivity index (χ2v) is 3.59. The second kappa shape index (κ2) is 5.24. The number of hydrogen-bond acceptors (Lipinski definition) is 5. The van der Waals surface area contributed by atoms with Gasteiger partial charge >= 0.3 is 11.4 Å². The molecule has 0 aromatic heterocycles. The zero-order valence-corrected chi connectivity index (χ0v) is 9.25. The van der Waals surface area contributed by atoms with Crippen molar-refractivity contribution in [1.82, 2.24) is 0 Å². The molecule has 1 N–H and O–H groups in total. The third-order valence-electron chi connectivity index (χ3n) is 2.33. The van der Waals surface area contributed by atoms with Crippen molar-refractivity contribution in [2.75, 3.05) is 0 Å². The lowest BCUT2D eigenvalue weighted by Gasteiger charge is -2.03. The molecule has 0 saturated carbocycles. The van der Waals surface area contributed by atoms with Crippen LogP contribution in [0.5, 0.6) is 5.75 Å². The number of benzene rings is 1. The first-order valence-corrected chi connectivity index (χ1v) is 5.12. The molecule has 7 heteroatoms. The summed E-state index contributed by atoms with van der Waals surface area (Å²) in [5.41, 5.74) is -0.995. The highest BCUT2D eigenvalue weighted by atomic mass is 16.6. The fourth-order valence-electron chi connectivity index (χ4n) is 1.57. The molecule has 0 amide bonds. The Morgan fingerprint density at radius 1 is 1.24 bits per heavy atom. The molecule has 17 heavy (non-hydrogen) atoms. The largest absolute Gasteiger partial charge is 0.508 e. The van der Waals surface area contributed by atoms with Gasteiger partial charge in [0.05, 0.1) is 15.9 Å². The monoisotopic (exact) mass is 240 g/mol. The van der Waals surface area contributed by atoms with Gasteiger partial charge in [0, 0.05) is 5.56 Å². The van der Waals surface area contributed by atoms with Crippen molar-refractivity contribution in [3.05, 3.63) is 37.9 Å². The Hall–Kier alpha value is -2.18. The number of nitro benzene ring substituents is 2. The van der Waals surface area contributed by atoms with Crippen LogP contribution in [-0.2, 0) is 6.42 Å². The first kappa shape index (κ1) is 12.9. The average molecular weight is 240 g/mol. The smallest absolute Gasteiger partial charge is 0.350 e. The molecule has 0 fully saturated rings. The van der Waals surface area contributed by atoms with Gasteiger partial charge in [0.1, 0.15) is 5.75 Å². The summed E-state index contributed by atoms with van der Waals surface area (Å²) in [7, 11) is 0. The van der Waals surface area contributed by atoms with Crippen LogP contribution in [0.2, 0.25) is 0 Å². The Morgan fingerprint density at radius 2 is 1.88 bits per heavy atom. The van der Waals surface area contributed by atoms with Gasteiger partial charge in [-0.2, -0.15) is 0 Å². The molecule has 0 unspecified atom stereocenters. The summed E-state index contributed by atoms with van der Waals surface area (Å²) < 4.78 is 0. The summed E-state index contributed by atoms with van der Waals surface area (Å²) in [5.74, 6) is -0.326. The van der Waals surface area contributed by atoms with Gasteiger partial charge in [-0.1, -0.05) is 13.3 Å². The number of aromatic hydroxyl groups is 1. The lowest BCUT2D eigenvalue weighted by atomic mass is 10.0. The van der Waals surface area contributed by atoms with Gasteiger partial charge in [0.25, 0.3) is 0 Å². The summed E-state index contributed by atoms with van der Waals surface area (Å²) >= 11 is 0. The van der Waals surface area contributed by atoms with Crippen LogP contribution in [0.3, 0.4) is 0 Å². The third-order valence-corrected chi connectivity index (χ3v) is 2.33. The molecule has 0 aliphatic carbocycles. The summed E-state index contributed by atoms with van der Waals surface area (Å²) in [5, 5.41) is 30.9. The molecule has 0 aliphatic heterocycles. The van der Waals surface area contributed by atoms with E-state index in [2.05, 4.69) is 0 Å². The molecule has 0 aliphatic rings. The summed E-state index contributed by atoms with van der Waals surface area (Å²) in [4.78, 5) is 19.9. The number of aryl methyl sites for hydroxylation is 1. The van der Waals surface area contributed by atoms with Gasteiger partial charge in [-0.25, -0.2) is 0 Å². The van der Waals surface area contributed by atoms with Crippen LogP contribution in [0.1, 0.15) is 25.3 Å². The predicted molar refractivity (Wildman–Crippen MR) is 60.0 cm³/mol. The third kappa shape index (κ3) is 2.90. The van der Waals surface area contributed by atoms with Gasteiger partial charge < -0.3 is 5.11 Å². The van der Waals surface area contributed by atoms with Gasteiger partial charge in [0.2, 0.25) is 0 Å². The Balaban J connectivity index is 3.35. The van der Waals surface area contributed by atoms with Crippen LogP contribution in [0.4, 0.5) is 11.4 Å². The van der Waals surface area contributed by atoms with E-state index in [1.807, 2.05) is 6.92 Å². The quantitative estimate of drug-likeness (QED) is 0.628.